The number of anilines is 2. The molecule has 0 saturated carbocycles. The molecule has 0 unspecified atom stereocenters. The highest BCUT2D eigenvalue weighted by Gasteiger charge is 2.17. The minimum atomic E-state index is 0.279. The van der Waals surface area contributed by atoms with Crippen molar-refractivity contribution in [2.45, 2.75) is 6.54 Å². The number of nitrogens with one attached hydrogen (secondary N) is 1. The molecule has 1 aliphatic heterocycles. The maximum Gasteiger partial charge on any atom is 0.231 e. The zero-order valence-corrected chi connectivity index (χ0v) is 11.8. The van der Waals surface area contributed by atoms with Crippen molar-refractivity contribution in [1.82, 2.24) is 14.8 Å². The lowest BCUT2D eigenvalue weighted by molar-refractivity contribution is 0.173. The molecule has 0 atom stereocenters. The average Bonchev–Trinajstić information content (AvgIpc) is 3.03. The van der Waals surface area contributed by atoms with E-state index in [9.17, 15) is 0 Å². The summed E-state index contributed by atoms with van der Waals surface area (Å²) in [4.78, 5) is 1.91. The Bertz CT molecular complexity index is 623. The first kappa shape index (κ1) is 12.6. The molecule has 106 valence electrons. The summed E-state index contributed by atoms with van der Waals surface area (Å²) in [7, 11) is 5.79. The molecule has 0 radical (unpaired) electrons. The van der Waals surface area contributed by atoms with Gasteiger partial charge in [0.15, 0.2) is 11.5 Å². The van der Waals surface area contributed by atoms with Crippen LogP contribution in [0.25, 0.3) is 0 Å². The predicted molar refractivity (Wildman–Crippen MR) is 75.2 cm³/mol. The van der Waals surface area contributed by atoms with Crippen LogP contribution >= 0.6 is 0 Å². The van der Waals surface area contributed by atoms with E-state index in [4.69, 9.17) is 9.47 Å². The van der Waals surface area contributed by atoms with E-state index in [2.05, 4.69) is 15.5 Å². The SMILES string of the molecule is CN(C)c1nnc(NCc2cccc3c2OCO3)n1C. The highest BCUT2D eigenvalue weighted by molar-refractivity contribution is 5.49. The van der Waals surface area contributed by atoms with Crippen molar-refractivity contribution in [3.63, 3.8) is 0 Å². The maximum atomic E-state index is 5.48. The van der Waals surface area contributed by atoms with Crippen LogP contribution in [-0.4, -0.2) is 35.7 Å². The van der Waals surface area contributed by atoms with Crippen molar-refractivity contribution in [1.29, 1.82) is 0 Å². The van der Waals surface area contributed by atoms with Crippen LogP contribution in [0.3, 0.4) is 0 Å². The lowest BCUT2D eigenvalue weighted by atomic mass is 10.2. The summed E-state index contributed by atoms with van der Waals surface area (Å²) in [5, 5.41) is 11.5. The second-order valence-electron chi connectivity index (χ2n) is 4.78. The molecule has 2 aromatic rings. The molecular weight excluding hydrogens is 258 g/mol. The lowest BCUT2D eigenvalue weighted by Crippen LogP contribution is -2.15. The van der Waals surface area contributed by atoms with Crippen LogP contribution in [0.15, 0.2) is 18.2 Å². The van der Waals surface area contributed by atoms with Gasteiger partial charge in [0.2, 0.25) is 18.7 Å². The molecule has 3 rings (SSSR count). The second-order valence-corrected chi connectivity index (χ2v) is 4.78. The number of ether oxygens (including phenoxy) is 2. The van der Waals surface area contributed by atoms with E-state index in [0.717, 1.165) is 23.0 Å². The summed E-state index contributed by atoms with van der Waals surface area (Å²) < 4.78 is 12.7. The van der Waals surface area contributed by atoms with Gasteiger partial charge in [0.05, 0.1) is 0 Å². The number of hydrogen-bond donors (Lipinski definition) is 1. The number of aromatic nitrogens is 3. The molecule has 0 fully saturated rings. The van der Waals surface area contributed by atoms with Crippen LogP contribution in [-0.2, 0) is 13.6 Å². The Kier molecular flexibility index (Phi) is 3.09. The van der Waals surface area contributed by atoms with Gasteiger partial charge in [-0.2, -0.15) is 0 Å². The molecule has 0 saturated heterocycles. The molecule has 7 nitrogen and oxygen atoms in total. The molecule has 2 heterocycles. The molecular formula is C13H17N5O2. The van der Waals surface area contributed by atoms with E-state index in [1.54, 1.807) is 0 Å². The van der Waals surface area contributed by atoms with Gasteiger partial charge >= 0.3 is 0 Å². The third-order valence-corrected chi connectivity index (χ3v) is 3.17. The van der Waals surface area contributed by atoms with Gasteiger partial charge in [0.25, 0.3) is 0 Å². The van der Waals surface area contributed by atoms with Gasteiger partial charge in [-0.15, -0.1) is 10.2 Å². The first-order chi connectivity index (χ1) is 9.66. The van der Waals surface area contributed by atoms with Crippen LogP contribution < -0.4 is 19.7 Å². The summed E-state index contributed by atoms with van der Waals surface area (Å²) in [5.41, 5.74) is 1.04. The van der Waals surface area contributed by atoms with Crippen molar-refractivity contribution in [2.75, 3.05) is 31.1 Å². The highest BCUT2D eigenvalue weighted by Crippen LogP contribution is 2.35. The van der Waals surface area contributed by atoms with Gasteiger partial charge in [-0.1, -0.05) is 12.1 Å². The Labute approximate surface area is 117 Å². The quantitative estimate of drug-likeness (QED) is 0.905. The minimum absolute atomic E-state index is 0.279. The molecule has 0 amide bonds. The summed E-state index contributed by atoms with van der Waals surface area (Å²) in [6.07, 6.45) is 0. The summed E-state index contributed by atoms with van der Waals surface area (Å²) >= 11 is 0. The Balaban J connectivity index is 1.76. The molecule has 0 bridgehead atoms. The van der Waals surface area contributed by atoms with Crippen molar-refractivity contribution in [3.05, 3.63) is 23.8 Å². The van der Waals surface area contributed by atoms with Gasteiger partial charge in [0, 0.05) is 33.3 Å². The largest absolute Gasteiger partial charge is 0.454 e. The Morgan fingerprint density at radius 3 is 2.90 bits per heavy atom. The zero-order valence-electron chi connectivity index (χ0n) is 11.8. The fourth-order valence-electron chi connectivity index (χ4n) is 2.17. The van der Waals surface area contributed by atoms with E-state index in [-0.39, 0.29) is 6.79 Å². The summed E-state index contributed by atoms with van der Waals surface area (Å²) in [6, 6.07) is 5.86. The number of rotatable bonds is 4. The Hall–Kier alpha value is -2.44. The molecule has 20 heavy (non-hydrogen) atoms. The average molecular weight is 275 g/mol. The van der Waals surface area contributed by atoms with E-state index in [1.807, 2.05) is 48.8 Å². The fraction of sp³-hybridized carbons (Fsp3) is 0.385. The monoisotopic (exact) mass is 275 g/mol. The number of nitrogens with zero attached hydrogens (tertiary/aromatic N) is 4. The van der Waals surface area contributed by atoms with E-state index in [0.29, 0.717) is 12.5 Å². The molecule has 7 heteroatoms. The van der Waals surface area contributed by atoms with Crippen LogP contribution in [0.2, 0.25) is 0 Å². The van der Waals surface area contributed by atoms with Crippen LogP contribution in [0.5, 0.6) is 11.5 Å². The second kappa shape index (κ2) is 4.92. The van der Waals surface area contributed by atoms with Gasteiger partial charge in [0.1, 0.15) is 0 Å². The molecule has 1 aliphatic rings. The van der Waals surface area contributed by atoms with Gasteiger partial charge in [-0.25, -0.2) is 0 Å². The molecule has 0 aliphatic carbocycles. The smallest absolute Gasteiger partial charge is 0.231 e. The fourth-order valence-corrected chi connectivity index (χ4v) is 2.17. The van der Waals surface area contributed by atoms with Crippen molar-refractivity contribution in [2.24, 2.45) is 7.05 Å². The molecule has 1 N–H and O–H groups in total. The first-order valence-corrected chi connectivity index (χ1v) is 6.35. The number of fused-ring (bicyclic) bond motifs is 1. The Morgan fingerprint density at radius 1 is 1.30 bits per heavy atom. The minimum Gasteiger partial charge on any atom is -0.454 e. The van der Waals surface area contributed by atoms with E-state index in [1.165, 1.54) is 0 Å². The Morgan fingerprint density at radius 2 is 2.15 bits per heavy atom. The molecule has 1 aromatic heterocycles. The highest BCUT2D eigenvalue weighted by atomic mass is 16.7. The third-order valence-electron chi connectivity index (χ3n) is 3.17. The van der Waals surface area contributed by atoms with Gasteiger partial charge < -0.3 is 19.7 Å². The number of para-hydroxylation sites is 1. The normalized spacial score (nSPS) is 12.6. The van der Waals surface area contributed by atoms with Gasteiger partial charge in [-0.3, -0.25) is 4.57 Å². The zero-order chi connectivity index (χ0) is 14.1. The standard InChI is InChI=1S/C13H17N5O2/c1-17(2)13-16-15-12(18(13)3)14-7-9-5-4-6-10-11(9)20-8-19-10/h4-6H,7-8H2,1-3H3,(H,14,15). The maximum absolute atomic E-state index is 5.48. The molecule has 1 aromatic carbocycles. The lowest BCUT2D eigenvalue weighted by Gasteiger charge is -2.12. The van der Waals surface area contributed by atoms with Gasteiger partial charge in [-0.05, 0) is 6.07 Å². The summed E-state index contributed by atoms with van der Waals surface area (Å²) in [6.45, 7) is 0.882. The van der Waals surface area contributed by atoms with E-state index >= 15 is 0 Å². The third kappa shape index (κ3) is 2.11. The van der Waals surface area contributed by atoms with E-state index < -0.39 is 0 Å². The van der Waals surface area contributed by atoms with Crippen molar-refractivity contribution in [3.8, 4) is 11.5 Å². The number of hydrogen-bond acceptors (Lipinski definition) is 6. The first-order valence-electron chi connectivity index (χ1n) is 6.35. The van der Waals surface area contributed by atoms with Crippen molar-refractivity contribution >= 4 is 11.9 Å². The number of benzene rings is 1. The van der Waals surface area contributed by atoms with Crippen LogP contribution in [0.1, 0.15) is 5.56 Å². The van der Waals surface area contributed by atoms with Crippen LogP contribution in [0.4, 0.5) is 11.9 Å². The van der Waals surface area contributed by atoms with Crippen molar-refractivity contribution < 1.29 is 9.47 Å². The topological polar surface area (TPSA) is 64.4 Å². The summed E-state index contributed by atoms with van der Waals surface area (Å²) in [5.74, 6) is 3.10. The molecule has 0 spiro atoms. The predicted octanol–water partition coefficient (Wildman–Crippen LogP) is 1.22. The van der Waals surface area contributed by atoms with Crippen LogP contribution in [0, 0.1) is 0 Å².